The quantitative estimate of drug-likeness (QED) is 0.892. The van der Waals surface area contributed by atoms with E-state index in [2.05, 4.69) is 53.9 Å². The number of hydrogen-bond acceptors (Lipinski definition) is 4. The summed E-state index contributed by atoms with van der Waals surface area (Å²) in [5.41, 5.74) is 1.30. The zero-order chi connectivity index (χ0) is 14.5. The smallest absolute Gasteiger partial charge is 0.133 e. The minimum atomic E-state index is 0.501. The van der Waals surface area contributed by atoms with Crippen molar-refractivity contribution >= 4 is 5.82 Å². The lowest BCUT2D eigenvalue weighted by Gasteiger charge is -2.38. The zero-order valence-electron chi connectivity index (χ0n) is 13.3. The van der Waals surface area contributed by atoms with Gasteiger partial charge in [-0.25, -0.2) is 4.98 Å². The Morgan fingerprint density at radius 2 is 1.85 bits per heavy atom. The third-order valence-corrected chi connectivity index (χ3v) is 3.91. The van der Waals surface area contributed by atoms with Crippen LogP contribution in [0.5, 0.6) is 0 Å². The van der Waals surface area contributed by atoms with Gasteiger partial charge in [0.1, 0.15) is 5.82 Å². The Morgan fingerprint density at radius 1 is 1.15 bits per heavy atom. The van der Waals surface area contributed by atoms with Crippen LogP contribution in [0, 0.1) is 0 Å². The first kappa shape index (κ1) is 15.3. The van der Waals surface area contributed by atoms with Crippen LogP contribution in [0.25, 0.3) is 0 Å². The third-order valence-electron chi connectivity index (χ3n) is 3.91. The van der Waals surface area contributed by atoms with Crippen LogP contribution in [-0.2, 0) is 6.54 Å². The van der Waals surface area contributed by atoms with Crippen LogP contribution in [0.4, 0.5) is 5.82 Å². The maximum absolute atomic E-state index is 4.62. The molecule has 0 unspecified atom stereocenters. The molecule has 0 saturated carbocycles. The highest BCUT2D eigenvalue weighted by Gasteiger charge is 2.21. The van der Waals surface area contributed by atoms with Crippen LogP contribution in [0.2, 0.25) is 0 Å². The summed E-state index contributed by atoms with van der Waals surface area (Å²) in [4.78, 5) is 9.58. The highest BCUT2D eigenvalue weighted by atomic mass is 15.3. The van der Waals surface area contributed by atoms with Crippen LogP contribution in [0.1, 0.15) is 33.3 Å². The molecule has 1 aromatic rings. The van der Waals surface area contributed by atoms with Crippen molar-refractivity contribution in [2.24, 2.45) is 0 Å². The van der Waals surface area contributed by atoms with Gasteiger partial charge < -0.3 is 10.2 Å². The number of rotatable bonds is 5. The highest BCUT2D eigenvalue weighted by Crippen LogP contribution is 2.19. The SMILES string of the molecule is CC(C)NCc1cccnc1N1CCN(C(C)C)CC1. The fraction of sp³-hybridized carbons (Fsp3) is 0.688. The van der Waals surface area contributed by atoms with Crippen LogP contribution in [-0.4, -0.2) is 48.1 Å². The average molecular weight is 276 g/mol. The summed E-state index contributed by atoms with van der Waals surface area (Å²) in [5, 5.41) is 3.49. The van der Waals surface area contributed by atoms with Crippen molar-refractivity contribution in [1.82, 2.24) is 15.2 Å². The van der Waals surface area contributed by atoms with Crippen molar-refractivity contribution in [2.75, 3.05) is 31.1 Å². The Kier molecular flexibility index (Phi) is 5.38. The van der Waals surface area contributed by atoms with E-state index in [-0.39, 0.29) is 0 Å². The molecule has 112 valence electrons. The van der Waals surface area contributed by atoms with Gasteiger partial charge in [0.2, 0.25) is 0 Å². The van der Waals surface area contributed by atoms with Gasteiger partial charge in [-0.2, -0.15) is 0 Å². The monoisotopic (exact) mass is 276 g/mol. The number of pyridine rings is 1. The summed E-state index contributed by atoms with van der Waals surface area (Å²) in [6, 6.07) is 5.36. The number of hydrogen-bond donors (Lipinski definition) is 1. The molecule has 0 aliphatic carbocycles. The molecular formula is C16H28N4. The Labute approximate surface area is 123 Å². The van der Waals surface area contributed by atoms with Gasteiger partial charge in [0.05, 0.1) is 0 Å². The van der Waals surface area contributed by atoms with Gasteiger partial charge >= 0.3 is 0 Å². The largest absolute Gasteiger partial charge is 0.354 e. The molecule has 20 heavy (non-hydrogen) atoms. The molecule has 0 bridgehead atoms. The fourth-order valence-corrected chi connectivity index (χ4v) is 2.62. The zero-order valence-corrected chi connectivity index (χ0v) is 13.3. The molecule has 1 aromatic heterocycles. The Morgan fingerprint density at radius 3 is 2.45 bits per heavy atom. The molecule has 2 rings (SSSR count). The average Bonchev–Trinajstić information content (AvgIpc) is 2.45. The predicted octanol–water partition coefficient (Wildman–Crippen LogP) is 2.11. The lowest BCUT2D eigenvalue weighted by atomic mass is 10.2. The van der Waals surface area contributed by atoms with E-state index in [1.807, 2.05) is 12.3 Å². The molecule has 1 fully saturated rings. The molecule has 0 amide bonds. The molecule has 1 aliphatic rings. The number of nitrogens with one attached hydrogen (secondary N) is 1. The van der Waals surface area contributed by atoms with Crippen LogP contribution >= 0.6 is 0 Å². The van der Waals surface area contributed by atoms with E-state index >= 15 is 0 Å². The van der Waals surface area contributed by atoms with E-state index < -0.39 is 0 Å². The molecule has 0 aromatic carbocycles. The molecule has 0 radical (unpaired) electrons. The van der Waals surface area contributed by atoms with Crippen molar-refractivity contribution < 1.29 is 0 Å². The van der Waals surface area contributed by atoms with Gasteiger partial charge in [-0.1, -0.05) is 19.9 Å². The van der Waals surface area contributed by atoms with Gasteiger partial charge in [0.25, 0.3) is 0 Å². The molecule has 2 heterocycles. The molecule has 1 saturated heterocycles. The Hall–Kier alpha value is -1.13. The number of anilines is 1. The molecular weight excluding hydrogens is 248 g/mol. The number of piperazine rings is 1. The second-order valence-corrected chi connectivity index (χ2v) is 6.14. The van der Waals surface area contributed by atoms with Crippen LogP contribution in [0.15, 0.2) is 18.3 Å². The van der Waals surface area contributed by atoms with Crippen molar-refractivity contribution in [3.8, 4) is 0 Å². The number of aromatic nitrogens is 1. The van der Waals surface area contributed by atoms with Gasteiger partial charge in [-0.3, -0.25) is 4.90 Å². The summed E-state index contributed by atoms with van der Waals surface area (Å²) in [7, 11) is 0. The van der Waals surface area contributed by atoms with Crippen LogP contribution < -0.4 is 10.2 Å². The first-order valence-corrected chi connectivity index (χ1v) is 7.74. The minimum absolute atomic E-state index is 0.501. The first-order chi connectivity index (χ1) is 9.58. The first-order valence-electron chi connectivity index (χ1n) is 7.74. The van der Waals surface area contributed by atoms with Gasteiger partial charge in [0.15, 0.2) is 0 Å². The Balaban J connectivity index is 2.02. The Bertz CT molecular complexity index is 409. The summed E-state index contributed by atoms with van der Waals surface area (Å²) >= 11 is 0. The molecule has 0 spiro atoms. The normalized spacial score (nSPS) is 17.2. The summed E-state index contributed by atoms with van der Waals surface area (Å²) < 4.78 is 0. The van der Waals surface area contributed by atoms with Crippen molar-refractivity contribution in [3.63, 3.8) is 0 Å². The van der Waals surface area contributed by atoms with Crippen molar-refractivity contribution in [3.05, 3.63) is 23.9 Å². The third kappa shape index (κ3) is 3.93. The summed E-state index contributed by atoms with van der Waals surface area (Å²) in [6.07, 6.45) is 1.91. The number of nitrogens with zero attached hydrogens (tertiary/aromatic N) is 3. The highest BCUT2D eigenvalue weighted by molar-refractivity contribution is 5.47. The standard InChI is InChI=1S/C16H28N4/c1-13(2)18-12-15-6-5-7-17-16(15)20-10-8-19(9-11-20)14(3)4/h5-7,13-14,18H,8-12H2,1-4H3. The topological polar surface area (TPSA) is 31.4 Å². The fourth-order valence-electron chi connectivity index (χ4n) is 2.62. The summed E-state index contributed by atoms with van der Waals surface area (Å²) in [6.45, 7) is 14.2. The molecule has 1 aliphatic heterocycles. The van der Waals surface area contributed by atoms with E-state index in [1.165, 1.54) is 5.56 Å². The second kappa shape index (κ2) is 7.04. The molecule has 0 atom stereocenters. The van der Waals surface area contributed by atoms with E-state index in [0.717, 1.165) is 38.5 Å². The lowest BCUT2D eigenvalue weighted by molar-refractivity contribution is 0.209. The van der Waals surface area contributed by atoms with Gasteiger partial charge in [0, 0.05) is 56.6 Å². The second-order valence-electron chi connectivity index (χ2n) is 6.14. The predicted molar refractivity (Wildman–Crippen MR) is 85.1 cm³/mol. The molecule has 1 N–H and O–H groups in total. The van der Waals surface area contributed by atoms with Crippen molar-refractivity contribution in [2.45, 2.75) is 46.3 Å². The van der Waals surface area contributed by atoms with E-state index in [9.17, 15) is 0 Å². The van der Waals surface area contributed by atoms with Gasteiger partial charge in [-0.15, -0.1) is 0 Å². The van der Waals surface area contributed by atoms with E-state index in [0.29, 0.717) is 12.1 Å². The van der Waals surface area contributed by atoms with Gasteiger partial charge in [-0.05, 0) is 19.9 Å². The molecule has 4 nitrogen and oxygen atoms in total. The molecule has 4 heteroatoms. The maximum Gasteiger partial charge on any atom is 0.133 e. The van der Waals surface area contributed by atoms with E-state index in [1.54, 1.807) is 0 Å². The lowest BCUT2D eigenvalue weighted by Crippen LogP contribution is -2.49. The van der Waals surface area contributed by atoms with E-state index in [4.69, 9.17) is 0 Å². The maximum atomic E-state index is 4.62. The van der Waals surface area contributed by atoms with Crippen molar-refractivity contribution in [1.29, 1.82) is 0 Å². The minimum Gasteiger partial charge on any atom is -0.354 e. The van der Waals surface area contributed by atoms with Crippen LogP contribution in [0.3, 0.4) is 0 Å². The summed E-state index contributed by atoms with van der Waals surface area (Å²) in [5.74, 6) is 1.16.